The Morgan fingerprint density at radius 2 is 1.69 bits per heavy atom. The van der Waals surface area contributed by atoms with Crippen molar-refractivity contribution in [3.63, 3.8) is 0 Å². The highest BCUT2D eigenvalue weighted by Crippen LogP contribution is 2.17. The van der Waals surface area contributed by atoms with Gasteiger partial charge in [-0.15, -0.1) is 0 Å². The van der Waals surface area contributed by atoms with Gasteiger partial charge in [0, 0.05) is 21.3 Å². The second kappa shape index (κ2) is 4.73. The third-order valence-corrected chi connectivity index (χ3v) is 5.96. The minimum Gasteiger partial charge on any atom is -0.244 e. The van der Waals surface area contributed by atoms with Gasteiger partial charge in [-0.1, -0.05) is 28.4 Å². The van der Waals surface area contributed by atoms with Gasteiger partial charge < -0.3 is 0 Å². The largest absolute Gasteiger partial charge is 0.347 e. The number of benzene rings is 1. The van der Waals surface area contributed by atoms with Crippen LogP contribution in [0.3, 0.4) is 0 Å². The van der Waals surface area contributed by atoms with Gasteiger partial charge >= 0.3 is 9.24 Å². The molecule has 4 nitrogen and oxygen atoms in total. The predicted molar refractivity (Wildman–Crippen MR) is 65.3 cm³/mol. The highest BCUT2D eigenvalue weighted by Gasteiger charge is 2.14. The van der Waals surface area contributed by atoms with Crippen LogP contribution in [0.25, 0.3) is 0 Å². The number of aryl methyl sites for hydroxylation is 1. The monoisotopic (exact) mass is 281 g/mol. The first-order chi connectivity index (χ1) is 7.27. The first kappa shape index (κ1) is 13.5. The molecule has 90 valence electrons. The summed E-state index contributed by atoms with van der Waals surface area (Å²) in [6, 6.07) is 6.71. The summed E-state index contributed by atoms with van der Waals surface area (Å²) in [7, 11) is -2.10. The van der Waals surface area contributed by atoms with Crippen LogP contribution in [0.5, 0.6) is 0 Å². The predicted octanol–water partition coefficient (Wildman–Crippen LogP) is 2.33. The molecule has 1 rings (SSSR count). The van der Waals surface area contributed by atoms with E-state index >= 15 is 0 Å². The van der Waals surface area contributed by atoms with Crippen molar-refractivity contribution in [3.8, 4) is 0 Å². The fourth-order valence-electron chi connectivity index (χ4n) is 1.16. The lowest BCUT2D eigenvalue weighted by Gasteiger charge is -2.06. The number of hydrogen-bond donors (Lipinski definition) is 0. The van der Waals surface area contributed by atoms with Crippen LogP contribution in [-0.4, -0.2) is 18.4 Å². The highest BCUT2D eigenvalue weighted by atomic mass is 35.7. The van der Waals surface area contributed by atoms with Crippen molar-refractivity contribution in [3.05, 3.63) is 29.8 Å². The van der Waals surface area contributed by atoms with Gasteiger partial charge in [0.2, 0.25) is 0 Å². The molecule has 0 aliphatic heterocycles. The first-order valence-electron chi connectivity index (χ1n) is 4.54. The summed E-state index contributed by atoms with van der Waals surface area (Å²) in [6.45, 7) is 3.49. The summed E-state index contributed by atoms with van der Waals surface area (Å²) in [5.74, 6) is 0.0992. The number of halogens is 1. The molecule has 0 amide bonds. The van der Waals surface area contributed by atoms with E-state index in [-0.39, 0.29) is 5.75 Å². The maximum atomic E-state index is 12.3. The van der Waals surface area contributed by atoms with Gasteiger partial charge in [0.05, 0.1) is 9.73 Å². The molecule has 0 aliphatic rings. The lowest BCUT2D eigenvalue weighted by molar-refractivity contribution is 0.611. The van der Waals surface area contributed by atoms with Crippen molar-refractivity contribution in [1.29, 1.82) is 0 Å². The Balaban J connectivity index is 3.43. The van der Waals surface area contributed by atoms with Crippen LogP contribution >= 0.6 is 10.7 Å². The minimum absolute atomic E-state index is 0.0992. The molecular formula is C9H12ClNO3S2. The molecule has 1 aromatic carbocycles. The molecule has 0 bridgehead atoms. The molecule has 0 heterocycles. The van der Waals surface area contributed by atoms with Crippen LogP contribution in [0.1, 0.15) is 12.5 Å². The van der Waals surface area contributed by atoms with E-state index in [9.17, 15) is 12.6 Å². The Kier molecular flexibility index (Phi) is 3.98. The number of hydrogen-bond acceptors (Lipinski definition) is 3. The zero-order valence-electron chi connectivity index (χ0n) is 8.88. The van der Waals surface area contributed by atoms with Crippen molar-refractivity contribution in [1.82, 2.24) is 0 Å². The van der Waals surface area contributed by atoms with Crippen LogP contribution in [-0.2, 0) is 19.0 Å². The maximum Gasteiger partial charge on any atom is 0.347 e. The smallest absolute Gasteiger partial charge is 0.244 e. The molecular weight excluding hydrogens is 270 g/mol. The Morgan fingerprint density at radius 3 is 2.06 bits per heavy atom. The molecule has 7 heteroatoms. The molecule has 0 spiro atoms. The second-order valence-electron chi connectivity index (χ2n) is 3.23. The average Bonchev–Trinajstić information content (AvgIpc) is 2.16. The third-order valence-electron chi connectivity index (χ3n) is 1.99. The SMILES string of the molecule is CC[S@@](=O)(=NS(=O)(=O)Cl)c1ccc(C)cc1. The molecule has 16 heavy (non-hydrogen) atoms. The summed E-state index contributed by atoms with van der Waals surface area (Å²) in [4.78, 5) is 0.379. The first-order valence-corrected chi connectivity index (χ1v) is 8.49. The van der Waals surface area contributed by atoms with Crippen LogP contribution in [0, 0.1) is 6.92 Å². The number of nitrogens with zero attached hydrogens (tertiary/aromatic N) is 1. The van der Waals surface area contributed by atoms with Crippen LogP contribution in [0.15, 0.2) is 32.9 Å². The number of rotatable bonds is 3. The molecule has 0 radical (unpaired) electrons. The fraction of sp³-hybridized carbons (Fsp3) is 0.333. The minimum atomic E-state index is -4.13. The van der Waals surface area contributed by atoms with Gasteiger partial charge in [0.1, 0.15) is 0 Å². The summed E-state index contributed by atoms with van der Waals surface area (Å²) >= 11 is 0. The Morgan fingerprint density at radius 1 is 1.19 bits per heavy atom. The average molecular weight is 282 g/mol. The Hall–Kier alpha value is -0.590. The molecule has 1 atom stereocenters. The zero-order chi connectivity index (χ0) is 12.4. The molecule has 0 fully saturated rings. The molecule has 0 aliphatic carbocycles. The van der Waals surface area contributed by atoms with E-state index in [2.05, 4.69) is 3.77 Å². The molecule has 0 unspecified atom stereocenters. The van der Waals surface area contributed by atoms with Crippen LogP contribution < -0.4 is 0 Å². The van der Waals surface area contributed by atoms with Gasteiger partial charge in [0.25, 0.3) is 0 Å². The van der Waals surface area contributed by atoms with Gasteiger partial charge in [-0.25, -0.2) is 4.21 Å². The van der Waals surface area contributed by atoms with Crippen LogP contribution in [0.2, 0.25) is 0 Å². The molecule has 0 N–H and O–H groups in total. The molecule has 1 aromatic rings. The lowest BCUT2D eigenvalue weighted by atomic mass is 10.2. The summed E-state index contributed by atoms with van der Waals surface area (Å²) in [5.41, 5.74) is 0.996. The van der Waals surface area contributed by atoms with Crippen LogP contribution in [0.4, 0.5) is 0 Å². The van der Waals surface area contributed by atoms with Crippen molar-refractivity contribution in [2.24, 2.45) is 3.77 Å². The normalized spacial score (nSPS) is 15.4. The van der Waals surface area contributed by atoms with E-state index in [1.54, 1.807) is 31.2 Å². The second-order valence-corrected chi connectivity index (χ2v) is 8.15. The highest BCUT2D eigenvalue weighted by molar-refractivity contribution is 8.17. The van der Waals surface area contributed by atoms with Crippen molar-refractivity contribution in [2.45, 2.75) is 18.7 Å². The summed E-state index contributed by atoms with van der Waals surface area (Å²) in [5, 5.41) is 0. The van der Waals surface area contributed by atoms with E-state index in [1.807, 2.05) is 6.92 Å². The quantitative estimate of drug-likeness (QED) is 0.799. The van der Waals surface area contributed by atoms with Gasteiger partial charge in [-0.3, -0.25) is 0 Å². The third kappa shape index (κ3) is 3.47. The lowest BCUT2D eigenvalue weighted by Crippen LogP contribution is -2.05. The zero-order valence-corrected chi connectivity index (χ0v) is 11.3. The van der Waals surface area contributed by atoms with E-state index in [0.29, 0.717) is 4.90 Å². The molecule has 0 saturated heterocycles. The van der Waals surface area contributed by atoms with E-state index < -0.39 is 19.0 Å². The molecule has 0 aromatic heterocycles. The van der Waals surface area contributed by atoms with Crippen molar-refractivity contribution < 1.29 is 12.6 Å². The Bertz CT molecular complexity index is 584. The van der Waals surface area contributed by atoms with Crippen molar-refractivity contribution >= 4 is 29.6 Å². The summed E-state index contributed by atoms with van der Waals surface area (Å²) < 4.78 is 37.2. The summed E-state index contributed by atoms with van der Waals surface area (Å²) in [6.07, 6.45) is 0. The topological polar surface area (TPSA) is 63.6 Å². The maximum absolute atomic E-state index is 12.3. The standard InChI is InChI=1S/C9H12ClNO3S2/c1-3-15(12,11-16(10,13)14)9-6-4-8(2)5-7-9/h4-7H,3H2,1-2H3/t15-/m0/s1. The van der Waals surface area contributed by atoms with Gasteiger partial charge in [-0.05, 0) is 19.1 Å². The van der Waals surface area contributed by atoms with E-state index in [4.69, 9.17) is 10.7 Å². The van der Waals surface area contributed by atoms with Gasteiger partial charge in [0.15, 0.2) is 0 Å². The van der Waals surface area contributed by atoms with Gasteiger partial charge in [-0.2, -0.15) is 8.42 Å². The van der Waals surface area contributed by atoms with E-state index in [0.717, 1.165) is 5.56 Å². The Labute approximate surface area is 100 Å². The van der Waals surface area contributed by atoms with E-state index in [1.165, 1.54) is 0 Å². The van der Waals surface area contributed by atoms with Crippen molar-refractivity contribution in [2.75, 3.05) is 5.75 Å². The molecule has 0 saturated carbocycles. The fourth-order valence-corrected chi connectivity index (χ4v) is 4.79.